The Morgan fingerprint density at radius 2 is 1.89 bits per heavy atom. The molecular formula is C20H31IN4O3. The van der Waals surface area contributed by atoms with Crippen molar-refractivity contribution in [1.29, 1.82) is 0 Å². The van der Waals surface area contributed by atoms with Gasteiger partial charge in [0.2, 0.25) is 11.8 Å². The van der Waals surface area contributed by atoms with Gasteiger partial charge in [0.15, 0.2) is 5.96 Å². The van der Waals surface area contributed by atoms with Crippen molar-refractivity contribution in [2.75, 3.05) is 20.1 Å². The fourth-order valence-electron chi connectivity index (χ4n) is 2.91. The van der Waals surface area contributed by atoms with Gasteiger partial charge in [0.1, 0.15) is 5.75 Å². The quantitative estimate of drug-likeness (QED) is 0.259. The molecule has 1 aliphatic rings. The summed E-state index contributed by atoms with van der Waals surface area (Å²) in [7, 11) is 1.69. The lowest BCUT2D eigenvalue weighted by Gasteiger charge is -2.25. The molecule has 0 unspecified atom stereocenters. The molecule has 28 heavy (non-hydrogen) atoms. The number of rotatable bonds is 7. The molecule has 0 aromatic heterocycles. The number of benzene rings is 1. The maximum atomic E-state index is 11.8. The Hall–Kier alpha value is -1.84. The number of ether oxygens (including phenoxy) is 1. The van der Waals surface area contributed by atoms with E-state index in [4.69, 9.17) is 4.74 Å². The monoisotopic (exact) mass is 502 g/mol. The molecule has 0 saturated carbocycles. The maximum absolute atomic E-state index is 11.8. The molecule has 1 heterocycles. The molecule has 2 N–H and O–H groups in total. The van der Waals surface area contributed by atoms with E-state index in [1.165, 1.54) is 4.90 Å². The second-order valence-corrected chi connectivity index (χ2v) is 6.92. The first-order valence-electron chi connectivity index (χ1n) is 9.44. The smallest absolute Gasteiger partial charge is 0.229 e. The zero-order chi connectivity index (χ0) is 19.8. The number of nitrogens with zero attached hydrogens (tertiary/aromatic N) is 2. The molecule has 1 fully saturated rings. The number of hydrogen-bond donors (Lipinski definition) is 2. The molecule has 1 saturated heterocycles. The first kappa shape index (κ1) is 24.2. The van der Waals surface area contributed by atoms with Crippen LogP contribution < -0.4 is 15.4 Å². The van der Waals surface area contributed by atoms with Gasteiger partial charge in [-0.25, -0.2) is 0 Å². The van der Waals surface area contributed by atoms with E-state index in [1.54, 1.807) is 7.05 Å². The summed E-state index contributed by atoms with van der Waals surface area (Å²) in [4.78, 5) is 29.2. The predicted octanol–water partition coefficient (Wildman–Crippen LogP) is 2.60. The summed E-state index contributed by atoms with van der Waals surface area (Å²) < 4.78 is 5.89. The molecule has 8 heteroatoms. The average molecular weight is 502 g/mol. The Morgan fingerprint density at radius 3 is 2.50 bits per heavy atom. The summed E-state index contributed by atoms with van der Waals surface area (Å²) in [5.41, 5.74) is 2.19. The van der Waals surface area contributed by atoms with E-state index in [-0.39, 0.29) is 41.9 Å². The fourth-order valence-corrected chi connectivity index (χ4v) is 2.91. The molecule has 0 spiro atoms. The van der Waals surface area contributed by atoms with Gasteiger partial charge in [0.05, 0.1) is 6.10 Å². The molecule has 0 aliphatic carbocycles. The molecule has 2 rings (SSSR count). The van der Waals surface area contributed by atoms with Gasteiger partial charge in [-0.1, -0.05) is 12.1 Å². The van der Waals surface area contributed by atoms with Crippen LogP contribution in [0.1, 0.15) is 44.2 Å². The third-order valence-electron chi connectivity index (χ3n) is 4.27. The van der Waals surface area contributed by atoms with Crippen molar-refractivity contribution >= 4 is 41.8 Å². The Bertz CT molecular complexity index is 691. The molecule has 1 aliphatic heterocycles. The molecule has 1 aromatic carbocycles. The predicted molar refractivity (Wildman–Crippen MR) is 121 cm³/mol. The average Bonchev–Trinajstić information content (AvgIpc) is 2.61. The zero-order valence-electron chi connectivity index (χ0n) is 17.1. The molecular weight excluding hydrogens is 471 g/mol. The number of carbonyl (C=O) groups excluding carboxylic acids is 2. The lowest BCUT2D eigenvalue weighted by atomic mass is 10.1. The number of amides is 2. The van der Waals surface area contributed by atoms with Gasteiger partial charge in [-0.2, -0.15) is 0 Å². The molecule has 0 bridgehead atoms. The summed E-state index contributed by atoms with van der Waals surface area (Å²) in [6.45, 7) is 7.41. The van der Waals surface area contributed by atoms with Crippen molar-refractivity contribution in [3.63, 3.8) is 0 Å². The Labute approximate surface area is 184 Å². The van der Waals surface area contributed by atoms with Gasteiger partial charge in [-0.3, -0.25) is 19.5 Å². The van der Waals surface area contributed by atoms with Gasteiger partial charge in [0, 0.05) is 45.1 Å². The van der Waals surface area contributed by atoms with Gasteiger partial charge >= 0.3 is 0 Å². The topological polar surface area (TPSA) is 83.0 Å². The van der Waals surface area contributed by atoms with Crippen molar-refractivity contribution in [1.82, 2.24) is 15.5 Å². The van der Waals surface area contributed by atoms with Crippen LogP contribution in [0.15, 0.2) is 23.2 Å². The van der Waals surface area contributed by atoms with Crippen LogP contribution in [0.5, 0.6) is 5.75 Å². The lowest BCUT2D eigenvalue weighted by molar-refractivity contribution is -0.147. The molecule has 1 aromatic rings. The SMILES string of the molecule is CN=C(NCCN1C(=O)CCCC1=O)NCc1ccc(C)cc1OC(C)C.I. The van der Waals surface area contributed by atoms with E-state index in [0.717, 1.165) is 16.9 Å². The number of guanidine groups is 1. The zero-order valence-corrected chi connectivity index (χ0v) is 19.4. The molecule has 7 nitrogen and oxygen atoms in total. The van der Waals surface area contributed by atoms with Gasteiger partial charge in [-0.15, -0.1) is 24.0 Å². The van der Waals surface area contributed by atoms with Crippen molar-refractivity contribution in [2.24, 2.45) is 4.99 Å². The summed E-state index contributed by atoms with van der Waals surface area (Å²) in [6, 6.07) is 6.12. The van der Waals surface area contributed by atoms with Gasteiger partial charge in [0.25, 0.3) is 0 Å². The second kappa shape index (κ2) is 11.9. The van der Waals surface area contributed by atoms with Crippen LogP contribution >= 0.6 is 24.0 Å². The van der Waals surface area contributed by atoms with E-state index in [2.05, 4.69) is 15.6 Å². The van der Waals surface area contributed by atoms with Crippen LogP contribution in [0, 0.1) is 6.92 Å². The number of carbonyl (C=O) groups is 2. The van der Waals surface area contributed by atoms with Crippen molar-refractivity contribution in [3.8, 4) is 5.75 Å². The van der Waals surface area contributed by atoms with E-state index in [1.807, 2.05) is 39.0 Å². The highest BCUT2D eigenvalue weighted by atomic mass is 127. The Morgan fingerprint density at radius 1 is 1.21 bits per heavy atom. The third kappa shape index (κ3) is 7.29. The van der Waals surface area contributed by atoms with Crippen molar-refractivity contribution < 1.29 is 14.3 Å². The highest BCUT2D eigenvalue weighted by molar-refractivity contribution is 14.0. The summed E-state index contributed by atoms with van der Waals surface area (Å²) in [6.07, 6.45) is 1.65. The number of hydrogen-bond acceptors (Lipinski definition) is 4. The van der Waals surface area contributed by atoms with E-state index in [9.17, 15) is 9.59 Å². The normalized spacial score (nSPS) is 14.8. The van der Waals surface area contributed by atoms with Crippen molar-refractivity contribution in [2.45, 2.75) is 52.7 Å². The number of halogens is 1. The van der Waals surface area contributed by atoms with Crippen LogP contribution in [-0.2, 0) is 16.1 Å². The highest BCUT2D eigenvalue weighted by Gasteiger charge is 2.25. The summed E-state index contributed by atoms with van der Waals surface area (Å²) in [5, 5.41) is 6.40. The Kier molecular flexibility index (Phi) is 10.3. The standard InChI is InChI=1S/C20H30N4O3.HI/c1-14(2)27-17-12-15(3)8-9-16(17)13-23-20(21-4)22-10-11-24-18(25)6-5-7-19(24)26;/h8-9,12,14H,5-7,10-11,13H2,1-4H3,(H2,21,22,23);1H. The van der Waals surface area contributed by atoms with Crippen LogP contribution in [-0.4, -0.2) is 48.9 Å². The van der Waals surface area contributed by atoms with Crippen LogP contribution in [0.2, 0.25) is 0 Å². The van der Waals surface area contributed by atoms with Gasteiger partial charge in [-0.05, 0) is 38.8 Å². The number of nitrogens with one attached hydrogen (secondary N) is 2. The molecule has 0 atom stereocenters. The summed E-state index contributed by atoms with van der Waals surface area (Å²) in [5.74, 6) is 1.29. The first-order chi connectivity index (χ1) is 12.9. The lowest BCUT2D eigenvalue weighted by Crippen LogP contribution is -2.46. The number of aliphatic imine (C=N–C) groups is 1. The number of piperidine rings is 1. The fraction of sp³-hybridized carbons (Fsp3) is 0.550. The number of aryl methyl sites for hydroxylation is 1. The minimum absolute atomic E-state index is 0. The first-order valence-corrected chi connectivity index (χ1v) is 9.44. The van der Waals surface area contributed by atoms with E-state index >= 15 is 0 Å². The Balaban J connectivity index is 0.00000392. The van der Waals surface area contributed by atoms with Gasteiger partial charge < -0.3 is 15.4 Å². The summed E-state index contributed by atoms with van der Waals surface area (Å²) >= 11 is 0. The number of imide groups is 1. The maximum Gasteiger partial charge on any atom is 0.229 e. The van der Waals surface area contributed by atoms with Crippen LogP contribution in [0.25, 0.3) is 0 Å². The minimum Gasteiger partial charge on any atom is -0.491 e. The van der Waals surface area contributed by atoms with E-state index < -0.39 is 0 Å². The third-order valence-corrected chi connectivity index (χ3v) is 4.27. The largest absolute Gasteiger partial charge is 0.491 e. The van der Waals surface area contributed by atoms with E-state index in [0.29, 0.717) is 44.9 Å². The van der Waals surface area contributed by atoms with Crippen LogP contribution in [0.3, 0.4) is 0 Å². The molecule has 0 radical (unpaired) electrons. The highest BCUT2D eigenvalue weighted by Crippen LogP contribution is 2.21. The molecule has 156 valence electrons. The molecule has 2 amide bonds. The van der Waals surface area contributed by atoms with Crippen molar-refractivity contribution in [3.05, 3.63) is 29.3 Å². The second-order valence-electron chi connectivity index (χ2n) is 6.92. The minimum atomic E-state index is -0.0915. The van der Waals surface area contributed by atoms with Crippen LogP contribution in [0.4, 0.5) is 0 Å². The number of likely N-dealkylation sites (tertiary alicyclic amines) is 1.